The van der Waals surface area contributed by atoms with E-state index in [-0.39, 0.29) is 11.5 Å². The van der Waals surface area contributed by atoms with Crippen LogP contribution in [0.5, 0.6) is 0 Å². The molecule has 0 bridgehead atoms. The van der Waals surface area contributed by atoms with Crippen molar-refractivity contribution in [2.24, 2.45) is 0 Å². The Kier molecular flexibility index (Phi) is 6.22. The average molecular weight is 391 g/mol. The van der Waals surface area contributed by atoms with E-state index in [4.69, 9.17) is 5.11 Å². The van der Waals surface area contributed by atoms with Crippen LogP contribution in [0.1, 0.15) is 60.0 Å². The summed E-state index contributed by atoms with van der Waals surface area (Å²) in [5.74, 6) is -1.04. The molecule has 0 spiro atoms. The highest BCUT2D eigenvalue weighted by Crippen LogP contribution is 2.35. The Morgan fingerprint density at radius 3 is 2.38 bits per heavy atom. The van der Waals surface area contributed by atoms with Gasteiger partial charge in [0.25, 0.3) is 5.91 Å². The lowest BCUT2D eigenvalue weighted by molar-refractivity contribution is 0.0695. The molecule has 29 heavy (non-hydrogen) atoms. The van der Waals surface area contributed by atoms with Crippen molar-refractivity contribution in [2.75, 3.05) is 13.1 Å². The fourth-order valence-corrected chi connectivity index (χ4v) is 3.69. The Hall–Kier alpha value is -3.28. The van der Waals surface area contributed by atoms with E-state index < -0.39 is 5.97 Å². The molecule has 150 valence electrons. The number of carboxylic acid groups (broad SMARTS) is 1. The Balaban J connectivity index is 1.96. The molecule has 0 aliphatic carbocycles. The van der Waals surface area contributed by atoms with Gasteiger partial charge in [0.2, 0.25) is 0 Å². The van der Waals surface area contributed by atoms with Crippen molar-refractivity contribution in [3.8, 4) is 0 Å². The fourth-order valence-electron chi connectivity index (χ4n) is 3.69. The summed E-state index contributed by atoms with van der Waals surface area (Å²) in [4.78, 5) is 34.4. The normalized spacial score (nSPS) is 13.6. The summed E-state index contributed by atoms with van der Waals surface area (Å²) in [5.41, 5.74) is 5.97. The van der Waals surface area contributed by atoms with Gasteiger partial charge < -0.3 is 10.0 Å². The molecular formula is C23H25N3O3. The van der Waals surface area contributed by atoms with Crippen molar-refractivity contribution in [3.63, 3.8) is 0 Å². The van der Waals surface area contributed by atoms with Gasteiger partial charge in [-0.25, -0.2) is 4.79 Å². The summed E-state index contributed by atoms with van der Waals surface area (Å²) in [5, 5.41) is 9.16. The minimum absolute atomic E-state index is 0.0458. The van der Waals surface area contributed by atoms with E-state index in [1.807, 2.05) is 11.8 Å². The van der Waals surface area contributed by atoms with Gasteiger partial charge in [0, 0.05) is 37.3 Å². The second-order valence-corrected chi connectivity index (χ2v) is 7.08. The highest BCUT2D eigenvalue weighted by Gasteiger charge is 2.28. The summed E-state index contributed by atoms with van der Waals surface area (Å²) in [6, 6.07) is 6.87. The third kappa shape index (κ3) is 4.26. The van der Waals surface area contributed by atoms with Crippen molar-refractivity contribution < 1.29 is 14.7 Å². The summed E-state index contributed by atoms with van der Waals surface area (Å²) < 4.78 is 0. The van der Waals surface area contributed by atoms with E-state index in [9.17, 15) is 9.59 Å². The minimum Gasteiger partial charge on any atom is -0.478 e. The second-order valence-electron chi connectivity index (χ2n) is 7.08. The number of carbonyl (C=O) groups excluding carboxylic acids is 1. The molecule has 0 fully saturated rings. The van der Waals surface area contributed by atoms with Crippen molar-refractivity contribution in [1.82, 2.24) is 14.9 Å². The highest BCUT2D eigenvalue weighted by atomic mass is 16.4. The molecular weight excluding hydrogens is 366 g/mol. The van der Waals surface area contributed by atoms with E-state index in [1.54, 1.807) is 36.7 Å². The molecule has 0 radical (unpaired) electrons. The van der Waals surface area contributed by atoms with Crippen LogP contribution in [0, 0.1) is 0 Å². The van der Waals surface area contributed by atoms with Gasteiger partial charge in [-0.05, 0) is 55.2 Å². The number of pyridine rings is 2. The summed E-state index contributed by atoms with van der Waals surface area (Å²) >= 11 is 0. The smallest absolute Gasteiger partial charge is 0.337 e. The molecule has 3 rings (SSSR count). The number of amides is 1. The number of allylic oxidation sites excluding steroid dienone is 1. The quantitative estimate of drug-likeness (QED) is 0.797. The molecule has 1 N–H and O–H groups in total. The van der Waals surface area contributed by atoms with Crippen molar-refractivity contribution >= 4 is 17.4 Å². The van der Waals surface area contributed by atoms with Crippen LogP contribution in [-0.4, -0.2) is 44.9 Å². The Bertz CT molecular complexity index is 970. The van der Waals surface area contributed by atoms with E-state index >= 15 is 0 Å². The van der Waals surface area contributed by atoms with Gasteiger partial charge in [0.05, 0.1) is 16.8 Å². The first-order valence-corrected chi connectivity index (χ1v) is 9.76. The minimum atomic E-state index is -0.995. The summed E-state index contributed by atoms with van der Waals surface area (Å²) in [6.07, 6.45) is 6.35. The predicted molar refractivity (Wildman–Crippen MR) is 112 cm³/mol. The zero-order valence-corrected chi connectivity index (χ0v) is 17.0. The SMILES string of the molecule is CCC(CC)=C(C1=C(C)CN(C(=O)c2cccnc2)C1)c1ccc(C(=O)O)cn1. The monoisotopic (exact) mass is 391 g/mol. The molecule has 1 aliphatic rings. The lowest BCUT2D eigenvalue weighted by Gasteiger charge is -2.19. The lowest BCUT2D eigenvalue weighted by atomic mass is 9.91. The second kappa shape index (κ2) is 8.82. The number of aromatic nitrogens is 2. The standard InChI is InChI=1S/C23H25N3O3/c1-4-16(5-2)21(20-9-8-18(12-25-20)23(28)29)19-14-26(13-15(19)3)22(27)17-7-6-10-24-11-17/h6-12H,4-5,13-14H2,1-3H3,(H,28,29). The zero-order chi connectivity index (χ0) is 21.0. The molecule has 1 aliphatic heterocycles. The van der Waals surface area contributed by atoms with E-state index in [0.717, 1.165) is 35.3 Å². The van der Waals surface area contributed by atoms with Crippen LogP contribution in [0.3, 0.4) is 0 Å². The Labute approximate surface area is 170 Å². The topological polar surface area (TPSA) is 83.4 Å². The maximum atomic E-state index is 12.9. The van der Waals surface area contributed by atoms with Crippen LogP contribution in [0.25, 0.3) is 5.57 Å². The number of carbonyl (C=O) groups is 2. The first-order chi connectivity index (χ1) is 14.0. The van der Waals surface area contributed by atoms with Gasteiger partial charge in [-0.15, -0.1) is 0 Å². The van der Waals surface area contributed by atoms with Crippen molar-refractivity contribution in [1.29, 1.82) is 0 Å². The third-order valence-corrected chi connectivity index (χ3v) is 5.26. The highest BCUT2D eigenvalue weighted by molar-refractivity contribution is 5.96. The van der Waals surface area contributed by atoms with Crippen molar-refractivity contribution in [3.05, 3.63) is 76.4 Å². The molecule has 6 heteroatoms. The summed E-state index contributed by atoms with van der Waals surface area (Å²) in [6.45, 7) is 7.31. The zero-order valence-electron chi connectivity index (χ0n) is 17.0. The van der Waals surface area contributed by atoms with Crippen LogP contribution in [-0.2, 0) is 0 Å². The predicted octanol–water partition coefficient (Wildman–Crippen LogP) is 4.22. The number of aromatic carboxylic acids is 1. The molecule has 0 aromatic carbocycles. The molecule has 0 atom stereocenters. The van der Waals surface area contributed by atoms with Gasteiger partial charge >= 0.3 is 5.97 Å². The molecule has 0 saturated carbocycles. The number of carboxylic acids is 1. The maximum absolute atomic E-state index is 12.9. The van der Waals surface area contributed by atoms with Gasteiger partial charge in [-0.3, -0.25) is 14.8 Å². The van der Waals surface area contributed by atoms with E-state index in [1.165, 1.54) is 11.8 Å². The number of rotatable bonds is 6. The van der Waals surface area contributed by atoms with Crippen LogP contribution in [0.15, 0.2) is 59.6 Å². The van der Waals surface area contributed by atoms with Crippen molar-refractivity contribution in [2.45, 2.75) is 33.6 Å². The first kappa shape index (κ1) is 20.5. The van der Waals surface area contributed by atoms with Crippen LogP contribution < -0.4 is 0 Å². The maximum Gasteiger partial charge on any atom is 0.337 e. The fraction of sp³-hybridized carbons (Fsp3) is 0.304. The molecule has 1 amide bonds. The average Bonchev–Trinajstić information content (AvgIpc) is 3.13. The van der Waals surface area contributed by atoms with Crippen LogP contribution >= 0.6 is 0 Å². The lowest BCUT2D eigenvalue weighted by Crippen LogP contribution is -2.29. The number of hydrogen-bond donors (Lipinski definition) is 1. The van der Waals surface area contributed by atoms with E-state index in [0.29, 0.717) is 18.7 Å². The molecule has 0 unspecified atom stereocenters. The third-order valence-electron chi connectivity index (χ3n) is 5.26. The van der Waals surface area contributed by atoms with Gasteiger partial charge in [-0.2, -0.15) is 0 Å². The van der Waals surface area contributed by atoms with Crippen LogP contribution in [0.2, 0.25) is 0 Å². The number of nitrogens with zero attached hydrogens (tertiary/aromatic N) is 3. The molecule has 3 heterocycles. The van der Waals surface area contributed by atoms with Crippen LogP contribution in [0.4, 0.5) is 0 Å². The molecule has 2 aromatic rings. The largest absolute Gasteiger partial charge is 0.478 e. The summed E-state index contributed by atoms with van der Waals surface area (Å²) in [7, 11) is 0. The molecule has 6 nitrogen and oxygen atoms in total. The molecule has 2 aromatic heterocycles. The molecule has 0 saturated heterocycles. The first-order valence-electron chi connectivity index (χ1n) is 9.76. The number of hydrogen-bond acceptors (Lipinski definition) is 4. The Morgan fingerprint density at radius 2 is 1.83 bits per heavy atom. The van der Waals surface area contributed by atoms with E-state index in [2.05, 4.69) is 23.8 Å². The van der Waals surface area contributed by atoms with Gasteiger partial charge in [-0.1, -0.05) is 19.4 Å². The van der Waals surface area contributed by atoms with Gasteiger partial charge in [0.15, 0.2) is 0 Å². The Morgan fingerprint density at radius 1 is 1.07 bits per heavy atom. The van der Waals surface area contributed by atoms with Gasteiger partial charge in [0.1, 0.15) is 0 Å².